The number of nitrogens with zero attached hydrogens (tertiary/aromatic N) is 1. The summed E-state index contributed by atoms with van der Waals surface area (Å²) in [6, 6.07) is 19.0. The van der Waals surface area contributed by atoms with E-state index in [2.05, 4.69) is 26.1 Å². The van der Waals surface area contributed by atoms with Crippen molar-refractivity contribution in [1.29, 1.82) is 0 Å². The van der Waals surface area contributed by atoms with Crippen LogP contribution in [-0.2, 0) is 16.1 Å². The second-order valence-electron chi connectivity index (χ2n) is 8.79. The van der Waals surface area contributed by atoms with Crippen molar-refractivity contribution in [3.8, 4) is 0 Å². The lowest BCUT2D eigenvalue weighted by molar-refractivity contribution is -0.138. The number of anilines is 1. The lowest BCUT2D eigenvalue weighted by Gasteiger charge is -2.33. The van der Waals surface area contributed by atoms with Crippen molar-refractivity contribution < 1.29 is 9.59 Å². The first-order valence-electron chi connectivity index (χ1n) is 9.30. The minimum absolute atomic E-state index is 0.0446. The van der Waals surface area contributed by atoms with Gasteiger partial charge in [-0.05, 0) is 43.4 Å². The quantitative estimate of drug-likeness (QED) is 0.789. The van der Waals surface area contributed by atoms with Crippen LogP contribution < -0.4 is 10.2 Å². The molecule has 1 N–H and O–H groups in total. The number of hydrogen-bond acceptors (Lipinski definition) is 2. The van der Waals surface area contributed by atoms with Gasteiger partial charge in [-0.25, -0.2) is 0 Å². The minimum Gasteiger partial charge on any atom is -0.343 e. The molecule has 0 saturated carbocycles. The molecule has 0 saturated heterocycles. The Labute approximate surface area is 162 Å². The lowest BCUT2D eigenvalue weighted by Crippen LogP contribution is -2.52. The fourth-order valence-corrected chi connectivity index (χ4v) is 3.51. The van der Waals surface area contributed by atoms with E-state index in [9.17, 15) is 9.59 Å². The zero-order valence-corrected chi connectivity index (χ0v) is 17.0. The van der Waals surface area contributed by atoms with Crippen molar-refractivity contribution in [1.82, 2.24) is 5.32 Å². The molecule has 0 heterocycles. The fourth-order valence-electron chi connectivity index (χ4n) is 3.51. The Balaban J connectivity index is 2.22. The summed E-state index contributed by atoms with van der Waals surface area (Å²) in [6.45, 7) is 10.6. The van der Waals surface area contributed by atoms with Gasteiger partial charge in [0.2, 0.25) is 0 Å². The zero-order chi connectivity index (χ0) is 20.1. The van der Waals surface area contributed by atoms with Gasteiger partial charge in [-0.1, -0.05) is 69.3 Å². The minimum atomic E-state index is -0.580. The van der Waals surface area contributed by atoms with Crippen LogP contribution in [0.3, 0.4) is 0 Å². The molecule has 144 valence electrons. The Morgan fingerprint density at radius 3 is 1.89 bits per heavy atom. The molecule has 0 radical (unpaired) electrons. The van der Waals surface area contributed by atoms with Crippen LogP contribution in [0.15, 0.2) is 60.7 Å². The molecular formula is C23H30N2O2. The van der Waals surface area contributed by atoms with Crippen LogP contribution in [0.4, 0.5) is 5.69 Å². The largest absolute Gasteiger partial charge is 0.343 e. The molecule has 0 bridgehead atoms. The Morgan fingerprint density at radius 1 is 0.852 bits per heavy atom. The van der Waals surface area contributed by atoms with Crippen molar-refractivity contribution in [3.05, 3.63) is 66.2 Å². The molecule has 4 nitrogen and oxygen atoms in total. The molecule has 2 amide bonds. The van der Waals surface area contributed by atoms with E-state index in [1.165, 1.54) is 4.90 Å². The third kappa shape index (κ3) is 6.55. The second-order valence-corrected chi connectivity index (χ2v) is 8.79. The molecule has 0 aliphatic heterocycles. The van der Waals surface area contributed by atoms with E-state index in [4.69, 9.17) is 0 Å². The normalized spacial score (nSPS) is 11.7. The summed E-state index contributed by atoms with van der Waals surface area (Å²) in [6.07, 6.45) is 0.767. The summed E-state index contributed by atoms with van der Waals surface area (Å²) >= 11 is 0. The van der Waals surface area contributed by atoms with E-state index in [0.29, 0.717) is 12.2 Å². The summed E-state index contributed by atoms with van der Waals surface area (Å²) in [4.78, 5) is 27.3. The van der Waals surface area contributed by atoms with Crippen molar-refractivity contribution >= 4 is 17.5 Å². The molecule has 27 heavy (non-hydrogen) atoms. The molecular weight excluding hydrogens is 336 g/mol. The highest BCUT2D eigenvalue weighted by Crippen LogP contribution is 2.27. The van der Waals surface area contributed by atoms with Gasteiger partial charge in [0, 0.05) is 11.2 Å². The van der Waals surface area contributed by atoms with Crippen LogP contribution in [0.2, 0.25) is 0 Å². The molecule has 0 spiro atoms. The van der Waals surface area contributed by atoms with Gasteiger partial charge in [0.1, 0.15) is 0 Å². The first kappa shape index (κ1) is 20.7. The highest BCUT2D eigenvalue weighted by molar-refractivity contribution is 6.40. The molecule has 0 atom stereocenters. The van der Waals surface area contributed by atoms with Crippen LogP contribution in [0.1, 0.15) is 46.6 Å². The zero-order valence-electron chi connectivity index (χ0n) is 17.0. The van der Waals surface area contributed by atoms with Crippen LogP contribution in [0.25, 0.3) is 0 Å². The van der Waals surface area contributed by atoms with E-state index in [0.717, 1.165) is 12.0 Å². The number of amides is 2. The fraction of sp³-hybridized carbons (Fsp3) is 0.391. The van der Waals surface area contributed by atoms with E-state index in [1.807, 2.05) is 74.5 Å². The van der Waals surface area contributed by atoms with Gasteiger partial charge in [0.15, 0.2) is 0 Å². The topological polar surface area (TPSA) is 49.4 Å². The molecule has 0 fully saturated rings. The highest BCUT2D eigenvalue weighted by atomic mass is 16.2. The number of nitrogens with one attached hydrogen (secondary N) is 1. The van der Waals surface area contributed by atoms with E-state index < -0.39 is 17.4 Å². The van der Waals surface area contributed by atoms with E-state index in [-0.39, 0.29) is 5.41 Å². The van der Waals surface area contributed by atoms with Gasteiger partial charge in [0.05, 0.1) is 6.54 Å². The number of carbonyl (C=O) groups excluding carboxylic acids is 2. The Bertz CT molecular complexity index is 762. The van der Waals surface area contributed by atoms with Crippen molar-refractivity contribution in [2.45, 2.75) is 53.1 Å². The van der Waals surface area contributed by atoms with Gasteiger partial charge in [-0.15, -0.1) is 0 Å². The Hall–Kier alpha value is -2.62. The SMILES string of the molecule is CC(C)(C)CC(C)(C)NC(=O)C(=O)N(Cc1ccccc1)c1ccccc1. The molecule has 0 aliphatic carbocycles. The van der Waals surface area contributed by atoms with Gasteiger partial charge in [0.25, 0.3) is 0 Å². The summed E-state index contributed by atoms with van der Waals surface area (Å²) in [5.41, 5.74) is 1.25. The van der Waals surface area contributed by atoms with Crippen LogP contribution in [0, 0.1) is 5.41 Å². The average molecular weight is 367 g/mol. The van der Waals surface area contributed by atoms with Gasteiger partial charge in [-0.3, -0.25) is 14.5 Å². The number of hydrogen-bond donors (Lipinski definition) is 1. The molecule has 2 aromatic carbocycles. The Morgan fingerprint density at radius 2 is 1.37 bits per heavy atom. The summed E-state index contributed by atoms with van der Waals surface area (Å²) < 4.78 is 0. The first-order chi connectivity index (χ1) is 12.6. The number of carbonyl (C=O) groups is 2. The molecule has 0 unspecified atom stereocenters. The van der Waals surface area contributed by atoms with Crippen molar-refractivity contribution in [3.63, 3.8) is 0 Å². The van der Waals surface area contributed by atoms with Crippen LogP contribution >= 0.6 is 0 Å². The maximum Gasteiger partial charge on any atom is 0.316 e. The molecule has 4 heteroatoms. The molecule has 0 aliphatic rings. The summed E-state index contributed by atoms with van der Waals surface area (Å²) in [7, 11) is 0. The van der Waals surface area contributed by atoms with Crippen LogP contribution in [0.5, 0.6) is 0 Å². The average Bonchev–Trinajstić information content (AvgIpc) is 2.58. The summed E-state index contributed by atoms with van der Waals surface area (Å²) in [5.74, 6) is -1.13. The van der Waals surface area contributed by atoms with Crippen LogP contribution in [-0.4, -0.2) is 17.4 Å². The summed E-state index contributed by atoms with van der Waals surface area (Å²) in [5, 5.41) is 2.92. The molecule has 0 aromatic heterocycles. The van der Waals surface area contributed by atoms with E-state index in [1.54, 1.807) is 0 Å². The van der Waals surface area contributed by atoms with Gasteiger partial charge in [-0.2, -0.15) is 0 Å². The van der Waals surface area contributed by atoms with Crippen molar-refractivity contribution in [2.24, 2.45) is 5.41 Å². The first-order valence-corrected chi connectivity index (χ1v) is 9.30. The third-order valence-electron chi connectivity index (χ3n) is 4.11. The number of para-hydroxylation sites is 1. The van der Waals surface area contributed by atoms with Crippen molar-refractivity contribution in [2.75, 3.05) is 4.90 Å². The standard InChI is InChI=1S/C23H30N2O2/c1-22(2,3)17-23(4,5)24-20(26)21(27)25(19-14-10-7-11-15-19)16-18-12-8-6-9-13-18/h6-15H,16-17H2,1-5H3,(H,24,26). The Kier molecular flexibility index (Phi) is 6.42. The second kappa shape index (κ2) is 8.38. The predicted molar refractivity (Wildman–Crippen MR) is 110 cm³/mol. The van der Waals surface area contributed by atoms with Gasteiger partial charge >= 0.3 is 11.8 Å². The highest BCUT2D eigenvalue weighted by Gasteiger charge is 2.31. The lowest BCUT2D eigenvalue weighted by atomic mass is 9.82. The van der Waals surface area contributed by atoms with Gasteiger partial charge < -0.3 is 5.32 Å². The smallest absolute Gasteiger partial charge is 0.316 e. The monoisotopic (exact) mass is 366 g/mol. The molecule has 2 rings (SSSR count). The number of rotatable bonds is 5. The predicted octanol–water partition coefficient (Wildman–Crippen LogP) is 4.55. The maximum atomic E-state index is 13.0. The number of benzene rings is 2. The maximum absolute atomic E-state index is 13.0. The van der Waals surface area contributed by atoms with E-state index >= 15 is 0 Å². The molecule has 2 aromatic rings. The third-order valence-corrected chi connectivity index (χ3v) is 4.11.